The zero-order valence-electron chi connectivity index (χ0n) is 7.79. The van der Waals surface area contributed by atoms with Crippen molar-refractivity contribution in [1.82, 2.24) is 5.32 Å². The molecule has 0 amide bonds. The quantitative estimate of drug-likeness (QED) is 0.665. The third-order valence-corrected chi connectivity index (χ3v) is 2.47. The number of hydrogen-bond donors (Lipinski definition) is 2. The topological polar surface area (TPSA) is 32.3 Å². The largest absolute Gasteiger partial charge is 0.388 e. The summed E-state index contributed by atoms with van der Waals surface area (Å²) in [6.07, 6.45) is 6.97. The summed E-state index contributed by atoms with van der Waals surface area (Å²) in [5, 5.41) is 12.7. The van der Waals surface area contributed by atoms with Crippen LogP contribution in [0.3, 0.4) is 0 Å². The van der Waals surface area contributed by atoms with Gasteiger partial charge in [-0.05, 0) is 25.6 Å². The van der Waals surface area contributed by atoms with Crippen LogP contribution in [0.15, 0.2) is 23.8 Å². The monoisotopic (exact) mass is 197 g/mol. The Labute approximate surface area is 84.3 Å². The first kappa shape index (κ1) is 10.6. The summed E-state index contributed by atoms with van der Waals surface area (Å²) in [6.45, 7) is 0.810. The van der Waals surface area contributed by atoms with E-state index in [0.29, 0.717) is 0 Å². The van der Waals surface area contributed by atoms with Gasteiger partial charge >= 0.3 is 0 Å². The maximum atomic E-state index is 9.75. The van der Waals surface area contributed by atoms with Crippen molar-refractivity contribution in [3.05, 3.63) is 23.8 Å². The van der Waals surface area contributed by atoms with Crippen LogP contribution >= 0.6 is 12.2 Å². The maximum absolute atomic E-state index is 9.75. The van der Waals surface area contributed by atoms with E-state index in [4.69, 9.17) is 12.2 Å². The molecule has 0 radical (unpaired) electrons. The molecule has 1 aliphatic carbocycles. The summed E-state index contributed by atoms with van der Waals surface area (Å²) >= 11 is 5.15. The van der Waals surface area contributed by atoms with Crippen LogP contribution in [0.4, 0.5) is 0 Å². The molecule has 0 saturated heterocycles. The molecule has 0 aliphatic heterocycles. The van der Waals surface area contributed by atoms with Gasteiger partial charge in [-0.15, -0.1) is 0 Å². The SMILES string of the molecule is CNCC[C@@H](O)C1=CC=CCC1=S. The molecule has 2 N–H and O–H groups in total. The maximum Gasteiger partial charge on any atom is 0.0813 e. The Kier molecular flexibility index (Phi) is 4.28. The molecule has 3 heteroatoms. The summed E-state index contributed by atoms with van der Waals surface area (Å²) in [4.78, 5) is 0.867. The normalized spacial score (nSPS) is 18.6. The van der Waals surface area contributed by atoms with Crippen LogP contribution in [0.2, 0.25) is 0 Å². The van der Waals surface area contributed by atoms with Crippen molar-refractivity contribution in [3.8, 4) is 0 Å². The third-order valence-electron chi connectivity index (χ3n) is 2.06. The predicted molar refractivity (Wildman–Crippen MR) is 59.0 cm³/mol. The lowest BCUT2D eigenvalue weighted by atomic mass is 9.97. The predicted octanol–water partition coefficient (Wildman–Crippen LogP) is 1.21. The van der Waals surface area contributed by atoms with Gasteiger partial charge in [0.15, 0.2) is 0 Å². The molecule has 0 aromatic carbocycles. The fourth-order valence-electron chi connectivity index (χ4n) is 1.29. The molecule has 0 heterocycles. The Balaban J connectivity index is 2.53. The van der Waals surface area contributed by atoms with Crippen molar-refractivity contribution < 1.29 is 5.11 Å². The molecule has 0 aromatic heterocycles. The number of allylic oxidation sites excluding steroid dienone is 3. The van der Waals surface area contributed by atoms with Gasteiger partial charge in [-0.1, -0.05) is 30.4 Å². The van der Waals surface area contributed by atoms with Gasteiger partial charge in [0.05, 0.1) is 6.10 Å². The first-order valence-corrected chi connectivity index (χ1v) is 4.89. The van der Waals surface area contributed by atoms with E-state index in [1.165, 1.54) is 0 Å². The lowest BCUT2D eigenvalue weighted by Gasteiger charge is -2.16. The Bertz CT molecular complexity index is 245. The number of thiocarbonyl (C=S) groups is 1. The molecule has 1 atom stereocenters. The highest BCUT2D eigenvalue weighted by Gasteiger charge is 2.14. The minimum atomic E-state index is -0.412. The molecule has 0 bridgehead atoms. The fourth-order valence-corrected chi connectivity index (χ4v) is 1.59. The fraction of sp³-hybridized carbons (Fsp3) is 0.500. The second-order valence-corrected chi connectivity index (χ2v) is 3.58. The second-order valence-electron chi connectivity index (χ2n) is 3.09. The Hall–Kier alpha value is -0.510. The highest BCUT2D eigenvalue weighted by molar-refractivity contribution is 7.80. The Morgan fingerprint density at radius 3 is 3.08 bits per heavy atom. The van der Waals surface area contributed by atoms with Gasteiger partial charge in [0.25, 0.3) is 0 Å². The van der Waals surface area contributed by atoms with Crippen LogP contribution in [0.5, 0.6) is 0 Å². The molecular formula is C10H15NOS. The van der Waals surface area contributed by atoms with Crippen molar-refractivity contribution in [2.24, 2.45) is 0 Å². The van der Waals surface area contributed by atoms with Gasteiger partial charge in [-0.25, -0.2) is 0 Å². The average Bonchev–Trinajstić information content (AvgIpc) is 2.15. The first-order chi connectivity index (χ1) is 6.25. The van der Waals surface area contributed by atoms with Crippen LogP contribution < -0.4 is 5.32 Å². The summed E-state index contributed by atoms with van der Waals surface area (Å²) in [5.41, 5.74) is 0.910. The highest BCUT2D eigenvalue weighted by atomic mass is 32.1. The van der Waals surface area contributed by atoms with E-state index in [0.717, 1.165) is 29.8 Å². The minimum absolute atomic E-state index is 0.412. The van der Waals surface area contributed by atoms with E-state index in [2.05, 4.69) is 5.32 Å². The minimum Gasteiger partial charge on any atom is -0.388 e. The molecule has 0 saturated carbocycles. The van der Waals surface area contributed by atoms with Gasteiger partial charge in [0.1, 0.15) is 0 Å². The van der Waals surface area contributed by atoms with Gasteiger partial charge in [-0.3, -0.25) is 0 Å². The van der Waals surface area contributed by atoms with Crippen molar-refractivity contribution in [3.63, 3.8) is 0 Å². The molecule has 1 aliphatic rings. The number of aliphatic hydroxyl groups excluding tert-OH is 1. The Morgan fingerprint density at radius 1 is 1.69 bits per heavy atom. The van der Waals surface area contributed by atoms with Crippen molar-refractivity contribution in [2.45, 2.75) is 18.9 Å². The molecule has 0 fully saturated rings. The van der Waals surface area contributed by atoms with E-state index in [9.17, 15) is 5.11 Å². The van der Waals surface area contributed by atoms with Crippen molar-refractivity contribution in [2.75, 3.05) is 13.6 Å². The van der Waals surface area contributed by atoms with Crippen LogP contribution in [-0.4, -0.2) is 29.7 Å². The lowest BCUT2D eigenvalue weighted by Crippen LogP contribution is -2.22. The highest BCUT2D eigenvalue weighted by Crippen LogP contribution is 2.15. The zero-order valence-corrected chi connectivity index (χ0v) is 8.60. The van der Waals surface area contributed by atoms with E-state index < -0.39 is 6.10 Å². The zero-order chi connectivity index (χ0) is 9.68. The molecule has 0 aromatic rings. The van der Waals surface area contributed by atoms with Crippen LogP contribution in [-0.2, 0) is 0 Å². The molecular weight excluding hydrogens is 182 g/mol. The molecule has 1 rings (SSSR count). The number of rotatable bonds is 4. The van der Waals surface area contributed by atoms with Crippen LogP contribution in [0, 0.1) is 0 Å². The van der Waals surface area contributed by atoms with E-state index in [-0.39, 0.29) is 0 Å². The van der Waals surface area contributed by atoms with E-state index in [1.807, 2.05) is 25.3 Å². The molecule has 13 heavy (non-hydrogen) atoms. The smallest absolute Gasteiger partial charge is 0.0813 e. The lowest BCUT2D eigenvalue weighted by molar-refractivity contribution is 0.206. The van der Waals surface area contributed by atoms with Crippen LogP contribution in [0.25, 0.3) is 0 Å². The average molecular weight is 197 g/mol. The van der Waals surface area contributed by atoms with Crippen LogP contribution in [0.1, 0.15) is 12.8 Å². The van der Waals surface area contributed by atoms with E-state index >= 15 is 0 Å². The van der Waals surface area contributed by atoms with Crippen molar-refractivity contribution >= 4 is 17.1 Å². The summed E-state index contributed by atoms with van der Waals surface area (Å²) in [5.74, 6) is 0. The third kappa shape index (κ3) is 3.03. The summed E-state index contributed by atoms with van der Waals surface area (Å²) in [7, 11) is 1.88. The molecule has 0 spiro atoms. The van der Waals surface area contributed by atoms with Gasteiger partial charge < -0.3 is 10.4 Å². The van der Waals surface area contributed by atoms with Gasteiger partial charge in [0.2, 0.25) is 0 Å². The molecule has 72 valence electrons. The second kappa shape index (κ2) is 5.27. The first-order valence-electron chi connectivity index (χ1n) is 4.48. The molecule has 0 unspecified atom stereocenters. The standard InChI is InChI=1S/C10H15NOS/c1-11-7-6-9(12)8-4-2-3-5-10(8)13/h2-4,9,11-12H,5-7H2,1H3/t9-/m1/s1. The number of nitrogens with one attached hydrogen (secondary N) is 1. The van der Waals surface area contributed by atoms with E-state index in [1.54, 1.807) is 0 Å². The van der Waals surface area contributed by atoms with Gasteiger partial charge in [-0.2, -0.15) is 0 Å². The summed E-state index contributed by atoms with van der Waals surface area (Å²) in [6, 6.07) is 0. The molecule has 2 nitrogen and oxygen atoms in total. The summed E-state index contributed by atoms with van der Waals surface area (Å²) < 4.78 is 0. The number of hydrogen-bond acceptors (Lipinski definition) is 3. The van der Waals surface area contributed by atoms with Crippen molar-refractivity contribution in [1.29, 1.82) is 0 Å². The van der Waals surface area contributed by atoms with Gasteiger partial charge in [0, 0.05) is 11.3 Å². The number of aliphatic hydroxyl groups is 1. The Morgan fingerprint density at radius 2 is 2.46 bits per heavy atom.